The van der Waals surface area contributed by atoms with Gasteiger partial charge in [-0.25, -0.2) is 0 Å². The fourth-order valence-corrected chi connectivity index (χ4v) is 2.76. The standard InChI is InChI=1S/C12H5Br2F3N2/c13-9-3-6(1-2-8(9)12(15,16)17)11-10(14)4-7(5-18)19-11/h1-4,19H. The van der Waals surface area contributed by atoms with Gasteiger partial charge in [0.1, 0.15) is 11.8 Å². The molecule has 0 fully saturated rings. The Morgan fingerprint density at radius 1 is 1.11 bits per heavy atom. The van der Waals surface area contributed by atoms with Gasteiger partial charge in [0.25, 0.3) is 0 Å². The maximum atomic E-state index is 12.6. The molecule has 2 aromatic rings. The lowest BCUT2D eigenvalue weighted by Gasteiger charge is -2.10. The zero-order valence-corrected chi connectivity index (χ0v) is 12.3. The predicted octanol–water partition coefficient (Wildman–Crippen LogP) is 5.10. The maximum absolute atomic E-state index is 12.6. The topological polar surface area (TPSA) is 39.6 Å². The molecule has 1 N–H and O–H groups in total. The number of benzene rings is 1. The highest BCUT2D eigenvalue weighted by atomic mass is 79.9. The summed E-state index contributed by atoms with van der Waals surface area (Å²) in [6, 6.07) is 7.21. The van der Waals surface area contributed by atoms with Crippen molar-refractivity contribution in [1.29, 1.82) is 5.26 Å². The molecule has 1 aromatic heterocycles. The second kappa shape index (κ2) is 5.02. The number of hydrogen-bond acceptors (Lipinski definition) is 1. The zero-order chi connectivity index (χ0) is 14.2. The molecule has 0 saturated carbocycles. The monoisotopic (exact) mass is 392 g/mol. The number of nitriles is 1. The second-order valence-corrected chi connectivity index (χ2v) is 5.42. The van der Waals surface area contributed by atoms with Crippen LogP contribution in [0.15, 0.2) is 33.2 Å². The van der Waals surface area contributed by atoms with Crippen LogP contribution in [0, 0.1) is 11.3 Å². The zero-order valence-electron chi connectivity index (χ0n) is 9.15. The van der Waals surface area contributed by atoms with Gasteiger partial charge in [-0.2, -0.15) is 18.4 Å². The third-order valence-electron chi connectivity index (χ3n) is 2.45. The van der Waals surface area contributed by atoms with Crippen molar-refractivity contribution in [3.63, 3.8) is 0 Å². The van der Waals surface area contributed by atoms with Crippen LogP contribution in [-0.4, -0.2) is 4.98 Å². The molecule has 0 aliphatic carbocycles. The maximum Gasteiger partial charge on any atom is 0.417 e. The van der Waals surface area contributed by atoms with E-state index >= 15 is 0 Å². The number of alkyl halides is 3. The van der Waals surface area contributed by atoms with Crippen LogP contribution in [-0.2, 0) is 6.18 Å². The Labute approximate surface area is 123 Å². The smallest absolute Gasteiger partial charge is 0.345 e. The molecule has 0 aliphatic heterocycles. The molecule has 0 aliphatic rings. The molecule has 1 heterocycles. The third kappa shape index (κ3) is 2.85. The van der Waals surface area contributed by atoms with E-state index in [9.17, 15) is 13.2 Å². The van der Waals surface area contributed by atoms with Crippen molar-refractivity contribution < 1.29 is 13.2 Å². The average Bonchev–Trinajstić information content (AvgIpc) is 2.68. The number of halogens is 5. The molecule has 2 rings (SSSR count). The SMILES string of the molecule is N#Cc1cc(Br)c(-c2ccc(C(F)(F)F)c(Br)c2)[nH]1. The van der Waals surface area contributed by atoms with Gasteiger partial charge in [0.15, 0.2) is 0 Å². The first-order valence-electron chi connectivity index (χ1n) is 4.98. The summed E-state index contributed by atoms with van der Waals surface area (Å²) in [7, 11) is 0. The van der Waals surface area contributed by atoms with Gasteiger partial charge < -0.3 is 4.98 Å². The summed E-state index contributed by atoms with van der Waals surface area (Å²) in [4.78, 5) is 2.82. The molecule has 19 heavy (non-hydrogen) atoms. The molecule has 98 valence electrons. The van der Waals surface area contributed by atoms with E-state index in [1.54, 1.807) is 6.07 Å². The van der Waals surface area contributed by atoms with Crippen LogP contribution in [0.1, 0.15) is 11.3 Å². The van der Waals surface area contributed by atoms with Gasteiger partial charge in [-0.1, -0.05) is 22.0 Å². The molecule has 0 bridgehead atoms. The van der Waals surface area contributed by atoms with Crippen molar-refractivity contribution >= 4 is 31.9 Å². The van der Waals surface area contributed by atoms with E-state index in [1.165, 1.54) is 12.1 Å². The molecule has 0 spiro atoms. The van der Waals surface area contributed by atoms with Crippen LogP contribution in [0.5, 0.6) is 0 Å². The van der Waals surface area contributed by atoms with E-state index in [4.69, 9.17) is 5.26 Å². The lowest BCUT2D eigenvalue weighted by molar-refractivity contribution is -0.138. The van der Waals surface area contributed by atoms with Gasteiger partial charge in [-0.3, -0.25) is 0 Å². The molecule has 0 unspecified atom stereocenters. The fraction of sp³-hybridized carbons (Fsp3) is 0.0833. The summed E-state index contributed by atoms with van der Waals surface area (Å²) in [5, 5.41) is 8.77. The van der Waals surface area contributed by atoms with Crippen molar-refractivity contribution in [3.8, 4) is 17.3 Å². The Hall–Kier alpha value is -1.26. The minimum atomic E-state index is -4.40. The summed E-state index contributed by atoms with van der Waals surface area (Å²) in [6.07, 6.45) is -4.40. The van der Waals surface area contributed by atoms with E-state index in [2.05, 4.69) is 36.8 Å². The molecule has 1 aromatic carbocycles. The van der Waals surface area contributed by atoms with Crippen LogP contribution in [0.3, 0.4) is 0 Å². The van der Waals surface area contributed by atoms with Gasteiger partial charge in [0.05, 0.1) is 11.3 Å². The van der Waals surface area contributed by atoms with Crippen molar-refractivity contribution in [2.24, 2.45) is 0 Å². The lowest BCUT2D eigenvalue weighted by atomic mass is 10.1. The highest BCUT2D eigenvalue weighted by Gasteiger charge is 2.32. The quantitative estimate of drug-likeness (QED) is 0.719. The van der Waals surface area contributed by atoms with Gasteiger partial charge in [0.2, 0.25) is 0 Å². The molecule has 0 radical (unpaired) electrons. The van der Waals surface area contributed by atoms with E-state index in [0.29, 0.717) is 21.4 Å². The van der Waals surface area contributed by atoms with E-state index in [1.807, 2.05) is 6.07 Å². The summed E-state index contributed by atoms with van der Waals surface area (Å²) in [5.41, 5.74) is 0.705. The molecule has 0 saturated heterocycles. The fourth-order valence-electron chi connectivity index (χ4n) is 1.60. The van der Waals surface area contributed by atoms with Crippen LogP contribution >= 0.6 is 31.9 Å². The Morgan fingerprint density at radius 2 is 1.79 bits per heavy atom. The van der Waals surface area contributed by atoms with Crippen LogP contribution in [0.25, 0.3) is 11.3 Å². The lowest BCUT2D eigenvalue weighted by Crippen LogP contribution is -2.05. The number of aromatic nitrogens is 1. The molecule has 7 heteroatoms. The minimum Gasteiger partial charge on any atom is -0.345 e. The highest BCUT2D eigenvalue weighted by Crippen LogP contribution is 2.38. The van der Waals surface area contributed by atoms with Gasteiger partial charge in [-0.15, -0.1) is 0 Å². The molecular formula is C12H5Br2F3N2. The van der Waals surface area contributed by atoms with Crippen molar-refractivity contribution in [2.75, 3.05) is 0 Å². The molecule has 0 amide bonds. The Kier molecular flexibility index (Phi) is 3.74. The summed E-state index contributed by atoms with van der Waals surface area (Å²) >= 11 is 6.17. The van der Waals surface area contributed by atoms with Gasteiger partial charge in [-0.05, 0) is 34.1 Å². The summed E-state index contributed by atoms with van der Waals surface area (Å²) in [5.74, 6) is 0. The van der Waals surface area contributed by atoms with Crippen LogP contribution < -0.4 is 0 Å². The Morgan fingerprint density at radius 3 is 2.26 bits per heavy atom. The predicted molar refractivity (Wildman–Crippen MR) is 71.3 cm³/mol. The first-order valence-corrected chi connectivity index (χ1v) is 6.57. The summed E-state index contributed by atoms with van der Waals surface area (Å²) in [6.45, 7) is 0. The van der Waals surface area contributed by atoms with Crippen LogP contribution in [0.4, 0.5) is 13.2 Å². The Balaban J connectivity index is 2.51. The molecule has 0 atom stereocenters. The van der Waals surface area contributed by atoms with Gasteiger partial charge in [0, 0.05) is 14.5 Å². The van der Waals surface area contributed by atoms with E-state index in [-0.39, 0.29) is 4.47 Å². The van der Waals surface area contributed by atoms with Crippen molar-refractivity contribution in [2.45, 2.75) is 6.18 Å². The van der Waals surface area contributed by atoms with Crippen LogP contribution in [0.2, 0.25) is 0 Å². The normalized spacial score (nSPS) is 11.4. The van der Waals surface area contributed by atoms with E-state index in [0.717, 1.165) is 6.07 Å². The highest BCUT2D eigenvalue weighted by molar-refractivity contribution is 9.11. The first-order chi connectivity index (χ1) is 8.82. The minimum absolute atomic E-state index is 0.0440. The van der Waals surface area contributed by atoms with Crippen molar-refractivity contribution in [3.05, 3.63) is 44.5 Å². The third-order valence-corrected chi connectivity index (χ3v) is 3.73. The average molecular weight is 394 g/mol. The number of rotatable bonds is 1. The number of nitrogens with zero attached hydrogens (tertiary/aromatic N) is 1. The van der Waals surface area contributed by atoms with Gasteiger partial charge >= 0.3 is 6.18 Å². The number of H-pyrrole nitrogens is 1. The molecular weight excluding hydrogens is 389 g/mol. The number of nitrogens with one attached hydrogen (secondary N) is 1. The summed E-state index contributed by atoms with van der Waals surface area (Å²) < 4.78 is 38.5. The first kappa shape index (κ1) is 14.2. The largest absolute Gasteiger partial charge is 0.417 e. The molecule has 2 nitrogen and oxygen atoms in total. The Bertz CT molecular complexity index is 669. The number of hydrogen-bond donors (Lipinski definition) is 1. The van der Waals surface area contributed by atoms with E-state index < -0.39 is 11.7 Å². The van der Waals surface area contributed by atoms with Crippen molar-refractivity contribution in [1.82, 2.24) is 4.98 Å². The second-order valence-electron chi connectivity index (χ2n) is 3.71. The number of aromatic amines is 1.